The first-order valence-corrected chi connectivity index (χ1v) is 7.21. The Hall–Kier alpha value is -2.15. The number of hydrogen-bond acceptors (Lipinski definition) is 4. The van der Waals surface area contributed by atoms with Crippen molar-refractivity contribution < 1.29 is 0 Å². The first-order chi connectivity index (χ1) is 9.79. The van der Waals surface area contributed by atoms with Crippen LogP contribution in [-0.2, 0) is 0 Å². The molecule has 1 aromatic carbocycles. The zero-order valence-electron chi connectivity index (χ0n) is 11.6. The minimum Gasteiger partial charge on any atom is -0.379 e. The molecule has 0 spiro atoms. The van der Waals surface area contributed by atoms with E-state index in [1.54, 1.807) is 0 Å². The Morgan fingerprint density at radius 3 is 2.80 bits per heavy atom. The number of nitrogens with one attached hydrogen (secondary N) is 1. The van der Waals surface area contributed by atoms with E-state index < -0.39 is 0 Å². The molecule has 1 aromatic heterocycles. The molecule has 1 heterocycles. The topological polar surface area (TPSA) is 61.6 Å². The van der Waals surface area contributed by atoms with E-state index in [0.717, 1.165) is 23.0 Å². The van der Waals surface area contributed by atoms with Crippen molar-refractivity contribution in [2.75, 3.05) is 5.32 Å². The molecule has 0 amide bonds. The Balaban J connectivity index is 2.02. The highest BCUT2D eigenvalue weighted by Crippen LogP contribution is 2.30. The number of aromatic nitrogens is 2. The van der Waals surface area contributed by atoms with Crippen molar-refractivity contribution in [1.29, 1.82) is 5.26 Å². The molecule has 0 radical (unpaired) electrons. The first-order valence-electron chi connectivity index (χ1n) is 7.21. The van der Waals surface area contributed by atoms with E-state index in [1.165, 1.54) is 19.3 Å². The summed E-state index contributed by atoms with van der Waals surface area (Å²) in [7, 11) is 0. The maximum absolute atomic E-state index is 9.28. The standard InChI is InChI=1S/C16H18N4/c1-11-6-2-4-8-13(11)18-16-12-7-3-5-9-14(12)19-20-15(16)10-17/h3,5,7,9,11,13H,2,4,6,8H2,1H3,(H,18,19). The van der Waals surface area contributed by atoms with Crippen LogP contribution in [0.1, 0.15) is 38.3 Å². The zero-order valence-corrected chi connectivity index (χ0v) is 11.6. The highest BCUT2D eigenvalue weighted by atomic mass is 15.1. The van der Waals surface area contributed by atoms with Crippen molar-refractivity contribution in [3.8, 4) is 6.07 Å². The van der Waals surface area contributed by atoms with Crippen LogP contribution in [0.4, 0.5) is 5.69 Å². The fourth-order valence-corrected chi connectivity index (χ4v) is 2.99. The van der Waals surface area contributed by atoms with Crippen LogP contribution in [-0.4, -0.2) is 16.2 Å². The average Bonchev–Trinajstić information content (AvgIpc) is 2.50. The van der Waals surface area contributed by atoms with Gasteiger partial charge in [0.15, 0.2) is 5.69 Å². The molecule has 1 saturated carbocycles. The predicted octanol–water partition coefficient (Wildman–Crippen LogP) is 3.49. The number of fused-ring (bicyclic) bond motifs is 1. The van der Waals surface area contributed by atoms with Crippen molar-refractivity contribution in [3.63, 3.8) is 0 Å². The smallest absolute Gasteiger partial charge is 0.186 e. The van der Waals surface area contributed by atoms with Gasteiger partial charge in [0.2, 0.25) is 0 Å². The van der Waals surface area contributed by atoms with Crippen LogP contribution >= 0.6 is 0 Å². The first kappa shape index (κ1) is 12.9. The molecular weight excluding hydrogens is 248 g/mol. The second-order valence-corrected chi connectivity index (χ2v) is 5.57. The molecular formula is C16H18N4. The van der Waals surface area contributed by atoms with Crippen LogP contribution in [0.15, 0.2) is 24.3 Å². The third-order valence-electron chi connectivity index (χ3n) is 4.22. The number of benzene rings is 1. The Kier molecular flexibility index (Phi) is 3.51. The van der Waals surface area contributed by atoms with Gasteiger partial charge >= 0.3 is 0 Å². The van der Waals surface area contributed by atoms with Crippen LogP contribution in [0.3, 0.4) is 0 Å². The van der Waals surface area contributed by atoms with Gasteiger partial charge in [-0.25, -0.2) is 0 Å². The lowest BCUT2D eigenvalue weighted by molar-refractivity contribution is 0.349. The molecule has 2 atom stereocenters. The van der Waals surface area contributed by atoms with Gasteiger partial charge in [0.1, 0.15) is 6.07 Å². The lowest BCUT2D eigenvalue weighted by Crippen LogP contribution is -2.30. The van der Waals surface area contributed by atoms with Gasteiger partial charge in [0.05, 0.1) is 11.2 Å². The lowest BCUT2D eigenvalue weighted by atomic mass is 9.85. The Bertz CT molecular complexity index is 659. The highest BCUT2D eigenvalue weighted by Gasteiger charge is 2.23. The fraction of sp³-hybridized carbons (Fsp3) is 0.438. The highest BCUT2D eigenvalue weighted by molar-refractivity contribution is 5.92. The summed E-state index contributed by atoms with van der Waals surface area (Å²) < 4.78 is 0. The summed E-state index contributed by atoms with van der Waals surface area (Å²) in [6.07, 6.45) is 4.96. The Morgan fingerprint density at radius 2 is 2.00 bits per heavy atom. The van der Waals surface area contributed by atoms with Gasteiger partial charge in [-0.1, -0.05) is 38.0 Å². The van der Waals surface area contributed by atoms with Gasteiger partial charge in [-0.05, 0) is 24.8 Å². The second kappa shape index (κ2) is 5.46. The molecule has 2 unspecified atom stereocenters. The molecule has 1 fully saturated rings. The molecule has 1 aliphatic carbocycles. The summed E-state index contributed by atoms with van der Waals surface area (Å²) in [5.74, 6) is 0.627. The maximum Gasteiger partial charge on any atom is 0.186 e. The monoisotopic (exact) mass is 266 g/mol. The van der Waals surface area contributed by atoms with Crippen LogP contribution in [0.5, 0.6) is 0 Å². The van der Waals surface area contributed by atoms with Crippen LogP contribution < -0.4 is 5.32 Å². The summed E-state index contributed by atoms with van der Waals surface area (Å²) in [6.45, 7) is 2.28. The SMILES string of the molecule is CC1CCCCC1Nc1c(C#N)nnc2ccccc12. The third-order valence-corrected chi connectivity index (χ3v) is 4.22. The molecule has 0 saturated heterocycles. The van der Waals surface area contributed by atoms with Gasteiger partial charge in [0, 0.05) is 11.4 Å². The van der Waals surface area contributed by atoms with Crippen LogP contribution in [0.2, 0.25) is 0 Å². The van der Waals surface area contributed by atoms with E-state index in [9.17, 15) is 5.26 Å². The summed E-state index contributed by atoms with van der Waals surface area (Å²) in [6, 6.07) is 10.4. The van der Waals surface area contributed by atoms with E-state index in [0.29, 0.717) is 17.7 Å². The van der Waals surface area contributed by atoms with Crippen molar-refractivity contribution in [1.82, 2.24) is 10.2 Å². The van der Waals surface area contributed by atoms with Crippen LogP contribution in [0, 0.1) is 17.2 Å². The van der Waals surface area contributed by atoms with E-state index in [4.69, 9.17) is 0 Å². The summed E-state index contributed by atoms with van der Waals surface area (Å²) in [4.78, 5) is 0. The molecule has 4 heteroatoms. The molecule has 0 aliphatic heterocycles. The van der Waals surface area contributed by atoms with Crippen molar-refractivity contribution in [3.05, 3.63) is 30.0 Å². The number of anilines is 1. The normalized spacial score (nSPS) is 22.4. The summed E-state index contributed by atoms with van der Waals surface area (Å²) in [5.41, 5.74) is 2.07. The van der Waals surface area contributed by atoms with E-state index in [1.807, 2.05) is 24.3 Å². The molecule has 3 rings (SSSR count). The number of rotatable bonds is 2. The van der Waals surface area contributed by atoms with Gasteiger partial charge in [0.25, 0.3) is 0 Å². The van der Waals surface area contributed by atoms with Gasteiger partial charge in [-0.3, -0.25) is 0 Å². The predicted molar refractivity (Wildman–Crippen MR) is 79.3 cm³/mol. The minimum absolute atomic E-state index is 0.390. The van der Waals surface area contributed by atoms with Crippen LogP contribution in [0.25, 0.3) is 10.9 Å². The number of hydrogen-bond donors (Lipinski definition) is 1. The molecule has 2 aromatic rings. The molecule has 0 bridgehead atoms. The van der Waals surface area contributed by atoms with Crippen molar-refractivity contribution >= 4 is 16.6 Å². The quantitative estimate of drug-likeness (QED) is 0.903. The third kappa shape index (κ3) is 2.32. The van der Waals surface area contributed by atoms with Crippen molar-refractivity contribution in [2.45, 2.75) is 38.6 Å². The Labute approximate surface area is 118 Å². The summed E-state index contributed by atoms with van der Waals surface area (Å²) >= 11 is 0. The largest absolute Gasteiger partial charge is 0.379 e. The molecule has 1 N–H and O–H groups in total. The molecule has 4 nitrogen and oxygen atoms in total. The van der Waals surface area contributed by atoms with E-state index in [2.05, 4.69) is 28.5 Å². The summed E-state index contributed by atoms with van der Waals surface area (Å²) in [5, 5.41) is 22.0. The Morgan fingerprint density at radius 1 is 1.20 bits per heavy atom. The molecule has 1 aliphatic rings. The number of nitriles is 1. The lowest BCUT2D eigenvalue weighted by Gasteiger charge is -2.30. The van der Waals surface area contributed by atoms with Gasteiger partial charge in [-0.15, -0.1) is 10.2 Å². The molecule has 20 heavy (non-hydrogen) atoms. The number of nitrogens with zero attached hydrogens (tertiary/aromatic N) is 3. The van der Waals surface area contributed by atoms with Gasteiger partial charge < -0.3 is 5.32 Å². The fourth-order valence-electron chi connectivity index (χ4n) is 2.99. The average molecular weight is 266 g/mol. The van der Waals surface area contributed by atoms with E-state index >= 15 is 0 Å². The zero-order chi connectivity index (χ0) is 13.9. The maximum atomic E-state index is 9.28. The second-order valence-electron chi connectivity index (χ2n) is 5.57. The minimum atomic E-state index is 0.390. The van der Waals surface area contributed by atoms with Gasteiger partial charge in [-0.2, -0.15) is 5.26 Å². The van der Waals surface area contributed by atoms with E-state index in [-0.39, 0.29) is 0 Å². The van der Waals surface area contributed by atoms with Crippen molar-refractivity contribution in [2.24, 2.45) is 5.92 Å². The molecule has 102 valence electrons.